The Morgan fingerprint density at radius 2 is 1.95 bits per heavy atom. The van der Waals surface area contributed by atoms with Gasteiger partial charge in [0.15, 0.2) is 0 Å². The lowest BCUT2D eigenvalue weighted by atomic mass is 9.98. The number of rotatable bonds is 5. The third-order valence-corrected chi connectivity index (χ3v) is 6.31. The van der Waals surface area contributed by atoms with E-state index >= 15 is 0 Å². The van der Waals surface area contributed by atoms with E-state index in [0.717, 1.165) is 30.2 Å². The van der Waals surface area contributed by atoms with Gasteiger partial charge in [-0.25, -0.2) is 13.1 Å². The van der Waals surface area contributed by atoms with Crippen LogP contribution in [0.3, 0.4) is 0 Å². The van der Waals surface area contributed by atoms with Crippen molar-refractivity contribution in [2.24, 2.45) is 0 Å². The molecule has 0 fully saturated rings. The highest BCUT2D eigenvalue weighted by atomic mass is 32.2. The van der Waals surface area contributed by atoms with Crippen LogP contribution < -0.4 is 4.72 Å². The molecule has 0 amide bonds. The first-order chi connectivity index (χ1) is 10.5. The molecule has 0 spiro atoms. The van der Waals surface area contributed by atoms with Crippen molar-refractivity contribution in [3.05, 3.63) is 53.1 Å². The standard InChI is InChI=1S/C16H19NO3S2/c1-22(19,20)17-10-11-21(18)16-14-8-4-2-6-12(14)13-7-3-5-9-15(13)16/h2,4,6-9,16-17H,3,5,10-11H2,1H3. The first-order valence-electron chi connectivity index (χ1n) is 7.29. The van der Waals surface area contributed by atoms with Crippen LogP contribution in [0.1, 0.15) is 29.2 Å². The molecule has 1 aromatic carbocycles. The quantitative estimate of drug-likeness (QED) is 0.895. The number of sulfonamides is 1. The number of benzene rings is 1. The van der Waals surface area contributed by atoms with Crippen molar-refractivity contribution in [2.75, 3.05) is 18.6 Å². The molecule has 2 aliphatic rings. The van der Waals surface area contributed by atoms with Gasteiger partial charge in [0.1, 0.15) is 0 Å². The average molecular weight is 337 g/mol. The molecule has 2 aliphatic carbocycles. The van der Waals surface area contributed by atoms with Crippen LogP contribution in [-0.4, -0.2) is 31.2 Å². The highest BCUT2D eigenvalue weighted by Gasteiger charge is 2.35. The molecule has 0 saturated carbocycles. The van der Waals surface area contributed by atoms with Gasteiger partial charge < -0.3 is 0 Å². The van der Waals surface area contributed by atoms with Crippen molar-refractivity contribution in [2.45, 2.75) is 18.1 Å². The molecule has 0 aliphatic heterocycles. The summed E-state index contributed by atoms with van der Waals surface area (Å²) in [5.74, 6) is 0.316. The molecule has 3 rings (SSSR count). The van der Waals surface area contributed by atoms with Crippen molar-refractivity contribution in [1.82, 2.24) is 4.72 Å². The average Bonchev–Trinajstić information content (AvgIpc) is 2.80. The monoisotopic (exact) mass is 337 g/mol. The smallest absolute Gasteiger partial charge is 0.208 e. The maximum absolute atomic E-state index is 12.8. The molecule has 0 bridgehead atoms. The summed E-state index contributed by atoms with van der Waals surface area (Å²) < 4.78 is 37.4. The Hall–Kier alpha value is -1.24. The zero-order valence-corrected chi connectivity index (χ0v) is 14.0. The lowest BCUT2D eigenvalue weighted by Gasteiger charge is -2.16. The van der Waals surface area contributed by atoms with E-state index in [-0.39, 0.29) is 11.8 Å². The number of fused-ring (bicyclic) bond motifs is 3. The first-order valence-corrected chi connectivity index (χ1v) is 10.6. The normalized spacial score (nSPS) is 21.6. The Kier molecular flexibility index (Phi) is 4.34. The summed E-state index contributed by atoms with van der Waals surface area (Å²) in [5, 5.41) is -0.135. The van der Waals surface area contributed by atoms with Gasteiger partial charge in [-0.2, -0.15) is 0 Å². The second-order valence-electron chi connectivity index (χ2n) is 5.57. The molecular formula is C16H19NO3S2. The van der Waals surface area contributed by atoms with Crippen molar-refractivity contribution in [3.63, 3.8) is 0 Å². The van der Waals surface area contributed by atoms with E-state index in [1.54, 1.807) is 0 Å². The third kappa shape index (κ3) is 3.09. The summed E-state index contributed by atoms with van der Waals surface area (Å²) in [6, 6.07) is 8.08. The van der Waals surface area contributed by atoms with Crippen molar-refractivity contribution < 1.29 is 12.6 Å². The number of hydrogen-bond acceptors (Lipinski definition) is 3. The van der Waals surface area contributed by atoms with Crippen LogP contribution in [-0.2, 0) is 20.8 Å². The Labute approximate surface area is 133 Å². The molecule has 2 unspecified atom stereocenters. The maximum atomic E-state index is 12.8. The first kappa shape index (κ1) is 15.6. The second kappa shape index (κ2) is 6.10. The molecule has 6 heteroatoms. The zero-order chi connectivity index (χ0) is 15.7. The van der Waals surface area contributed by atoms with Gasteiger partial charge in [0.05, 0.1) is 11.5 Å². The maximum Gasteiger partial charge on any atom is 0.208 e. The van der Waals surface area contributed by atoms with Gasteiger partial charge in [0, 0.05) is 23.1 Å². The second-order valence-corrected chi connectivity index (χ2v) is 9.05. The summed E-state index contributed by atoms with van der Waals surface area (Å²) in [5.41, 5.74) is 4.61. The predicted molar refractivity (Wildman–Crippen MR) is 90.3 cm³/mol. The van der Waals surface area contributed by atoms with Gasteiger partial charge in [-0.3, -0.25) is 4.21 Å². The zero-order valence-electron chi connectivity index (χ0n) is 12.4. The van der Waals surface area contributed by atoms with Crippen LogP contribution in [0.2, 0.25) is 0 Å². The number of nitrogens with one attached hydrogen (secondary N) is 1. The molecule has 4 nitrogen and oxygen atoms in total. The summed E-state index contributed by atoms with van der Waals surface area (Å²) in [6.07, 6.45) is 7.51. The molecule has 0 heterocycles. The van der Waals surface area contributed by atoms with E-state index in [4.69, 9.17) is 0 Å². The van der Waals surface area contributed by atoms with Crippen LogP contribution in [0.4, 0.5) is 0 Å². The van der Waals surface area contributed by atoms with Gasteiger partial charge in [0.2, 0.25) is 10.0 Å². The summed E-state index contributed by atoms with van der Waals surface area (Å²) in [4.78, 5) is 0. The van der Waals surface area contributed by atoms with Crippen LogP contribution in [0, 0.1) is 0 Å². The number of allylic oxidation sites excluding steroid dienone is 3. The Balaban J connectivity index is 1.85. The van der Waals surface area contributed by atoms with Crippen molar-refractivity contribution in [1.29, 1.82) is 0 Å². The highest BCUT2D eigenvalue weighted by Crippen LogP contribution is 2.49. The van der Waals surface area contributed by atoms with Gasteiger partial charge in [-0.05, 0) is 35.1 Å². The van der Waals surface area contributed by atoms with E-state index in [1.165, 1.54) is 11.1 Å². The fraction of sp³-hybridized carbons (Fsp3) is 0.375. The van der Waals surface area contributed by atoms with Crippen molar-refractivity contribution >= 4 is 26.4 Å². The Morgan fingerprint density at radius 1 is 1.23 bits per heavy atom. The highest BCUT2D eigenvalue weighted by molar-refractivity contribution is 7.89. The predicted octanol–water partition coefficient (Wildman–Crippen LogP) is 2.14. The van der Waals surface area contributed by atoms with Crippen LogP contribution in [0.15, 0.2) is 42.0 Å². The number of hydrogen-bond donors (Lipinski definition) is 1. The Morgan fingerprint density at radius 3 is 2.73 bits per heavy atom. The minimum absolute atomic E-state index is 0.135. The summed E-state index contributed by atoms with van der Waals surface area (Å²) >= 11 is 0. The SMILES string of the molecule is CS(=O)(=O)NCCS(=O)C1C2=CCCC=C2c2ccccc21. The van der Waals surface area contributed by atoms with Crippen LogP contribution in [0.5, 0.6) is 0 Å². The fourth-order valence-electron chi connectivity index (χ4n) is 3.08. The minimum Gasteiger partial charge on any atom is -0.259 e. The largest absolute Gasteiger partial charge is 0.259 e. The molecular weight excluding hydrogens is 318 g/mol. The van der Waals surface area contributed by atoms with Gasteiger partial charge in [0.25, 0.3) is 0 Å². The Bertz CT molecular complexity index is 778. The van der Waals surface area contributed by atoms with Gasteiger partial charge >= 0.3 is 0 Å². The minimum atomic E-state index is -3.24. The van der Waals surface area contributed by atoms with E-state index in [1.807, 2.05) is 18.2 Å². The molecule has 0 radical (unpaired) electrons. The molecule has 118 valence electrons. The molecule has 0 aromatic heterocycles. The van der Waals surface area contributed by atoms with Crippen LogP contribution in [0.25, 0.3) is 5.57 Å². The summed E-state index contributed by atoms with van der Waals surface area (Å²) in [6.45, 7) is 0.205. The molecule has 0 saturated heterocycles. The third-order valence-electron chi connectivity index (χ3n) is 3.94. The summed E-state index contributed by atoms with van der Waals surface area (Å²) in [7, 11) is -4.38. The van der Waals surface area contributed by atoms with Gasteiger partial charge in [-0.1, -0.05) is 36.4 Å². The lowest BCUT2D eigenvalue weighted by molar-refractivity contribution is 0.590. The molecule has 1 aromatic rings. The van der Waals surface area contributed by atoms with Crippen LogP contribution >= 0.6 is 0 Å². The van der Waals surface area contributed by atoms with Gasteiger partial charge in [-0.15, -0.1) is 0 Å². The van der Waals surface area contributed by atoms with E-state index in [0.29, 0.717) is 5.75 Å². The van der Waals surface area contributed by atoms with E-state index in [9.17, 15) is 12.6 Å². The fourth-order valence-corrected chi connectivity index (χ4v) is 5.21. The topological polar surface area (TPSA) is 63.2 Å². The molecule has 1 N–H and O–H groups in total. The van der Waals surface area contributed by atoms with E-state index in [2.05, 4.69) is 22.9 Å². The molecule has 2 atom stereocenters. The van der Waals surface area contributed by atoms with Crippen molar-refractivity contribution in [3.8, 4) is 0 Å². The lowest BCUT2D eigenvalue weighted by Crippen LogP contribution is -2.27. The van der Waals surface area contributed by atoms with E-state index < -0.39 is 20.8 Å². The molecule has 22 heavy (non-hydrogen) atoms.